The monoisotopic (exact) mass is 455 g/mol. The topological polar surface area (TPSA) is 127 Å². The summed E-state index contributed by atoms with van der Waals surface area (Å²) in [6.07, 6.45) is 1.37. The molecule has 1 aromatic rings. The van der Waals surface area contributed by atoms with E-state index in [0.29, 0.717) is 11.3 Å². The predicted molar refractivity (Wildman–Crippen MR) is 103 cm³/mol. The van der Waals surface area contributed by atoms with Crippen LogP contribution in [0.2, 0.25) is 0 Å². The first-order chi connectivity index (χ1) is 12.8. The Morgan fingerprint density at radius 1 is 1.41 bits per heavy atom. The molecule has 1 fully saturated rings. The van der Waals surface area contributed by atoms with Gasteiger partial charge in [0.1, 0.15) is 5.75 Å². The van der Waals surface area contributed by atoms with E-state index in [1.807, 2.05) is 0 Å². The number of ether oxygens (including phenoxy) is 2. The van der Waals surface area contributed by atoms with Crippen LogP contribution in [0, 0.1) is 0 Å². The Hall–Kier alpha value is -2.66. The van der Waals surface area contributed by atoms with Gasteiger partial charge in [0.2, 0.25) is 0 Å². The molecule has 1 amide bonds. The van der Waals surface area contributed by atoms with Crippen LogP contribution >= 0.6 is 27.7 Å². The maximum absolute atomic E-state index is 11.7. The number of hydrogen-bond donors (Lipinski definition) is 2. The number of aliphatic carboxylic acids is 1. The van der Waals surface area contributed by atoms with Crippen LogP contribution in [0.4, 0.5) is 0 Å². The number of amides is 1. The largest absolute Gasteiger partial charge is 0.479 e. The summed E-state index contributed by atoms with van der Waals surface area (Å²) in [6, 6.07) is 4.97. The van der Waals surface area contributed by atoms with Crippen LogP contribution in [0.25, 0.3) is 0 Å². The molecule has 142 valence electrons. The molecule has 0 saturated carbocycles. The molecule has 0 aromatic heterocycles. The van der Waals surface area contributed by atoms with Crippen molar-refractivity contribution in [2.75, 3.05) is 7.11 Å². The predicted octanol–water partition coefficient (Wildman–Crippen LogP) is 1.91. The Labute approximate surface area is 166 Å². The third-order valence-corrected chi connectivity index (χ3v) is 4.46. The van der Waals surface area contributed by atoms with Crippen molar-refractivity contribution in [2.45, 2.75) is 13.0 Å². The standard InChI is InChI=1S/C16H14BrN3O6S/c1-8(15(23)24)26-11-4-3-10(17)5-9(11)7-18-20-16-19-14(22)12(27-16)6-13(21)25-2/h3-8H,1-2H3,(H,23,24)(H,19,20,22)/b12-6+,18-7?. The SMILES string of the molecule is COC(=O)/C=C1/S/C(=N\N=Cc2cc(Br)ccc2OC(C)C(=O)O)NC1=O. The summed E-state index contributed by atoms with van der Waals surface area (Å²) in [4.78, 5) is 34.0. The highest BCUT2D eigenvalue weighted by Gasteiger charge is 2.25. The molecule has 1 heterocycles. The quantitative estimate of drug-likeness (QED) is 0.290. The van der Waals surface area contributed by atoms with Crippen LogP contribution in [0.1, 0.15) is 12.5 Å². The second-order valence-electron chi connectivity index (χ2n) is 5.02. The molecule has 0 bridgehead atoms. The minimum Gasteiger partial charge on any atom is -0.479 e. The summed E-state index contributed by atoms with van der Waals surface area (Å²) in [5, 5.41) is 19.4. The lowest BCUT2D eigenvalue weighted by Gasteiger charge is -2.12. The van der Waals surface area contributed by atoms with Crippen LogP contribution in [0.5, 0.6) is 5.75 Å². The molecule has 1 atom stereocenters. The molecule has 2 rings (SSSR count). The number of nitrogens with zero attached hydrogens (tertiary/aromatic N) is 2. The number of carboxylic acids is 1. The van der Waals surface area contributed by atoms with Crippen molar-refractivity contribution >= 4 is 56.9 Å². The van der Waals surface area contributed by atoms with E-state index in [0.717, 1.165) is 22.3 Å². The number of amidine groups is 1. The van der Waals surface area contributed by atoms with Crippen molar-refractivity contribution < 1.29 is 29.0 Å². The summed E-state index contributed by atoms with van der Waals surface area (Å²) in [6.45, 7) is 1.41. The number of rotatable bonds is 6. The number of thioether (sulfide) groups is 1. The van der Waals surface area contributed by atoms with E-state index in [1.54, 1.807) is 18.2 Å². The van der Waals surface area contributed by atoms with Crippen molar-refractivity contribution in [3.05, 3.63) is 39.2 Å². The molecule has 9 nitrogen and oxygen atoms in total. The number of carbonyl (C=O) groups is 3. The van der Waals surface area contributed by atoms with E-state index >= 15 is 0 Å². The van der Waals surface area contributed by atoms with Gasteiger partial charge in [0.15, 0.2) is 11.3 Å². The third-order valence-electron chi connectivity index (χ3n) is 3.07. The van der Waals surface area contributed by atoms with Gasteiger partial charge in [0, 0.05) is 16.1 Å². The highest BCUT2D eigenvalue weighted by molar-refractivity contribution is 9.10. The zero-order chi connectivity index (χ0) is 20.0. The Morgan fingerprint density at radius 3 is 2.81 bits per heavy atom. The summed E-state index contributed by atoms with van der Waals surface area (Å²) in [5.41, 5.74) is 0.487. The fourth-order valence-corrected chi connectivity index (χ4v) is 2.87. The smallest absolute Gasteiger partial charge is 0.344 e. The first-order valence-electron chi connectivity index (χ1n) is 7.39. The molecular formula is C16H14BrN3O6S. The highest BCUT2D eigenvalue weighted by atomic mass is 79.9. The normalized spacial score (nSPS) is 18.0. The Balaban J connectivity index is 2.16. The molecule has 1 aromatic carbocycles. The van der Waals surface area contributed by atoms with Crippen LogP contribution in [-0.4, -0.2) is 47.5 Å². The van der Waals surface area contributed by atoms with Gasteiger partial charge in [-0.05, 0) is 36.9 Å². The fraction of sp³-hybridized carbons (Fsp3) is 0.188. The third kappa shape index (κ3) is 5.93. The highest BCUT2D eigenvalue weighted by Crippen LogP contribution is 2.25. The molecule has 0 radical (unpaired) electrons. The van der Waals surface area contributed by atoms with E-state index in [2.05, 4.69) is 36.2 Å². The van der Waals surface area contributed by atoms with Crippen LogP contribution in [0.3, 0.4) is 0 Å². The molecule has 0 aliphatic carbocycles. The van der Waals surface area contributed by atoms with Gasteiger partial charge in [0.05, 0.1) is 18.2 Å². The number of nitrogens with one attached hydrogen (secondary N) is 1. The number of carbonyl (C=O) groups excluding carboxylic acids is 2. The van der Waals surface area contributed by atoms with Crippen LogP contribution in [-0.2, 0) is 19.1 Å². The van der Waals surface area contributed by atoms with E-state index in [-0.39, 0.29) is 10.1 Å². The second kappa shape index (κ2) is 9.33. The molecule has 11 heteroatoms. The molecule has 1 unspecified atom stereocenters. The van der Waals surface area contributed by atoms with Crippen molar-refractivity contribution in [3.63, 3.8) is 0 Å². The summed E-state index contributed by atoms with van der Waals surface area (Å²) in [5.74, 6) is -1.93. The molecule has 1 aliphatic heterocycles. The average molecular weight is 456 g/mol. The summed E-state index contributed by atoms with van der Waals surface area (Å²) >= 11 is 4.25. The molecule has 2 N–H and O–H groups in total. The van der Waals surface area contributed by atoms with Crippen LogP contribution < -0.4 is 10.1 Å². The van der Waals surface area contributed by atoms with E-state index in [1.165, 1.54) is 20.2 Å². The lowest BCUT2D eigenvalue weighted by atomic mass is 10.2. The number of halogens is 1. The minimum atomic E-state index is -1.10. The van der Waals surface area contributed by atoms with Crippen molar-refractivity contribution in [1.29, 1.82) is 0 Å². The van der Waals surface area contributed by atoms with Crippen LogP contribution in [0.15, 0.2) is 43.9 Å². The maximum atomic E-state index is 11.7. The zero-order valence-corrected chi connectivity index (χ0v) is 16.5. The average Bonchev–Trinajstić information content (AvgIpc) is 2.96. The number of methoxy groups -OCH3 is 1. The van der Waals surface area contributed by atoms with Crippen molar-refractivity contribution in [3.8, 4) is 5.75 Å². The maximum Gasteiger partial charge on any atom is 0.344 e. The molecular weight excluding hydrogens is 442 g/mol. The zero-order valence-electron chi connectivity index (χ0n) is 14.1. The van der Waals surface area contributed by atoms with Gasteiger partial charge in [0.25, 0.3) is 5.91 Å². The number of benzene rings is 1. The van der Waals surface area contributed by atoms with Gasteiger partial charge in [-0.2, -0.15) is 5.10 Å². The number of hydrogen-bond acceptors (Lipinski definition) is 8. The van der Waals surface area contributed by atoms with E-state index in [4.69, 9.17) is 9.84 Å². The fourth-order valence-electron chi connectivity index (χ4n) is 1.75. The summed E-state index contributed by atoms with van der Waals surface area (Å²) < 4.78 is 10.6. The van der Waals surface area contributed by atoms with Gasteiger partial charge in [-0.3, -0.25) is 10.1 Å². The van der Waals surface area contributed by atoms with Gasteiger partial charge >= 0.3 is 11.9 Å². The van der Waals surface area contributed by atoms with Gasteiger partial charge in [-0.1, -0.05) is 15.9 Å². The van der Waals surface area contributed by atoms with Crippen molar-refractivity contribution in [1.82, 2.24) is 5.32 Å². The summed E-state index contributed by atoms with van der Waals surface area (Å²) in [7, 11) is 1.21. The van der Waals surface area contributed by atoms with E-state index in [9.17, 15) is 14.4 Å². The Bertz CT molecular complexity index is 868. The molecule has 1 aliphatic rings. The second-order valence-corrected chi connectivity index (χ2v) is 6.96. The minimum absolute atomic E-state index is 0.137. The van der Waals surface area contributed by atoms with E-state index < -0.39 is 23.9 Å². The first kappa shape index (κ1) is 20.6. The lowest BCUT2D eigenvalue weighted by molar-refractivity contribution is -0.144. The Kier molecular flexibility index (Phi) is 7.13. The molecule has 0 spiro atoms. The Morgan fingerprint density at radius 2 is 2.15 bits per heavy atom. The van der Waals surface area contributed by atoms with Gasteiger partial charge in [-0.25, -0.2) is 9.59 Å². The van der Waals surface area contributed by atoms with Gasteiger partial charge < -0.3 is 14.6 Å². The van der Waals surface area contributed by atoms with Gasteiger partial charge in [-0.15, -0.1) is 5.10 Å². The number of carboxylic acid groups (broad SMARTS) is 1. The number of esters is 1. The van der Waals surface area contributed by atoms with Crippen molar-refractivity contribution in [2.24, 2.45) is 10.2 Å². The molecule has 27 heavy (non-hydrogen) atoms. The first-order valence-corrected chi connectivity index (χ1v) is 9.00. The molecule has 1 saturated heterocycles. The lowest BCUT2D eigenvalue weighted by Crippen LogP contribution is -2.23.